The number of aromatic hydroxyl groups is 1. The van der Waals surface area contributed by atoms with Crippen molar-refractivity contribution in [2.24, 2.45) is 0 Å². The molecule has 0 unspecified atom stereocenters. The number of phenolic OH excluding ortho intramolecular Hbond substituents is 1. The van der Waals surface area contributed by atoms with Crippen LogP contribution in [0.25, 0.3) is 10.8 Å². The van der Waals surface area contributed by atoms with Crippen LogP contribution in [0.2, 0.25) is 0 Å². The van der Waals surface area contributed by atoms with Crippen LogP contribution in [0.4, 0.5) is 0 Å². The minimum atomic E-state index is -0.634. The minimum Gasteiger partial charge on any atom is -0.507 e. The van der Waals surface area contributed by atoms with Gasteiger partial charge in [0.15, 0.2) is 0 Å². The molecule has 0 aliphatic rings. The molecule has 0 heterocycles. The molecule has 1 atom stereocenters. The number of hydrogen-bond donors (Lipinski definition) is 4. The van der Waals surface area contributed by atoms with E-state index in [0.29, 0.717) is 19.3 Å². The summed E-state index contributed by atoms with van der Waals surface area (Å²) in [5.41, 5.74) is 2.30. The van der Waals surface area contributed by atoms with E-state index in [4.69, 9.17) is 5.21 Å². The maximum Gasteiger partial charge on any atom is 0.267 e. The second-order valence-corrected chi connectivity index (χ2v) is 5.04. The summed E-state index contributed by atoms with van der Waals surface area (Å²) in [5, 5.41) is 30.1. The van der Waals surface area contributed by atoms with Gasteiger partial charge in [0.1, 0.15) is 5.75 Å². The van der Waals surface area contributed by atoms with Crippen LogP contribution in [0.3, 0.4) is 0 Å². The fourth-order valence-corrected chi connectivity index (χ4v) is 2.41. The van der Waals surface area contributed by atoms with Gasteiger partial charge in [0.2, 0.25) is 0 Å². The topological polar surface area (TPSA) is 89.8 Å². The van der Waals surface area contributed by atoms with Gasteiger partial charge < -0.3 is 10.2 Å². The number of phenols is 1. The van der Waals surface area contributed by atoms with Crippen LogP contribution in [0.5, 0.6) is 5.75 Å². The van der Waals surface area contributed by atoms with Gasteiger partial charge in [0, 0.05) is 11.5 Å². The molecule has 0 spiro atoms. The van der Waals surface area contributed by atoms with Crippen molar-refractivity contribution >= 4 is 16.7 Å². The predicted octanol–water partition coefficient (Wildman–Crippen LogP) is 2.81. The van der Waals surface area contributed by atoms with Crippen molar-refractivity contribution in [2.75, 3.05) is 0 Å². The van der Waals surface area contributed by atoms with Crippen molar-refractivity contribution in [1.82, 2.24) is 5.48 Å². The molecule has 4 N–H and O–H groups in total. The van der Waals surface area contributed by atoms with Crippen molar-refractivity contribution in [3.8, 4) is 5.75 Å². The van der Waals surface area contributed by atoms with Gasteiger partial charge in [-0.3, -0.25) is 10.0 Å². The van der Waals surface area contributed by atoms with Crippen LogP contribution in [0.15, 0.2) is 48.6 Å². The first-order chi connectivity index (χ1) is 10.6. The van der Waals surface area contributed by atoms with Crippen LogP contribution in [0, 0.1) is 0 Å². The van der Waals surface area contributed by atoms with E-state index in [1.165, 1.54) is 11.6 Å². The number of unbranched alkanes of at least 4 members (excludes halogenated alkanes) is 1. The number of nitrogens with one attached hydrogen (secondary N) is 1. The summed E-state index contributed by atoms with van der Waals surface area (Å²) >= 11 is 0. The molecular weight excluding hydrogens is 282 g/mol. The Labute approximate surface area is 128 Å². The second kappa shape index (κ2) is 7.59. The molecule has 0 aliphatic heterocycles. The largest absolute Gasteiger partial charge is 0.507 e. The Morgan fingerprint density at radius 3 is 2.64 bits per heavy atom. The van der Waals surface area contributed by atoms with E-state index in [1.807, 2.05) is 24.3 Å². The highest BCUT2D eigenvalue weighted by molar-refractivity contribution is 5.91. The molecule has 0 aliphatic carbocycles. The average molecular weight is 301 g/mol. The third kappa shape index (κ3) is 3.84. The SMILES string of the molecule is O=C(/C=C/CCC[C@@H](O)c1ccc(O)c2ccccc12)NO. The number of hydroxylamine groups is 1. The van der Waals surface area contributed by atoms with Gasteiger partial charge in [0.05, 0.1) is 6.10 Å². The maximum atomic E-state index is 10.8. The number of aliphatic hydroxyl groups excluding tert-OH is 1. The molecular formula is C17H19NO4. The smallest absolute Gasteiger partial charge is 0.267 e. The first kappa shape index (κ1) is 16.0. The van der Waals surface area contributed by atoms with Gasteiger partial charge in [0.25, 0.3) is 5.91 Å². The number of fused-ring (bicyclic) bond motifs is 1. The normalized spacial score (nSPS) is 12.6. The lowest BCUT2D eigenvalue weighted by Crippen LogP contribution is -2.14. The number of carbonyl (C=O) groups excluding carboxylic acids is 1. The standard InChI is InChI=1S/C17H19NO4/c19-15(8-2-1-3-9-17(21)18-22)14-10-11-16(20)13-7-5-4-6-12(13)14/h3-7,9-11,15,19-20,22H,1-2,8H2,(H,18,21)/b9-3+/t15-/m1/s1. The predicted molar refractivity (Wildman–Crippen MR) is 83.5 cm³/mol. The Morgan fingerprint density at radius 1 is 1.18 bits per heavy atom. The lowest BCUT2D eigenvalue weighted by atomic mass is 9.97. The van der Waals surface area contributed by atoms with Gasteiger partial charge in [-0.05, 0) is 36.3 Å². The van der Waals surface area contributed by atoms with Gasteiger partial charge in [-0.15, -0.1) is 0 Å². The van der Waals surface area contributed by atoms with E-state index in [0.717, 1.165) is 16.3 Å². The lowest BCUT2D eigenvalue weighted by molar-refractivity contribution is -0.124. The molecule has 2 aromatic rings. The van der Waals surface area contributed by atoms with Crippen LogP contribution in [0.1, 0.15) is 30.9 Å². The Bertz CT molecular complexity index is 681. The first-order valence-corrected chi connectivity index (χ1v) is 7.12. The third-order valence-corrected chi connectivity index (χ3v) is 3.52. The second-order valence-electron chi connectivity index (χ2n) is 5.04. The highest BCUT2D eigenvalue weighted by Crippen LogP contribution is 2.32. The van der Waals surface area contributed by atoms with Crippen LogP contribution in [-0.4, -0.2) is 21.3 Å². The highest BCUT2D eigenvalue weighted by atomic mass is 16.5. The summed E-state index contributed by atoms with van der Waals surface area (Å²) in [5.74, 6) is -0.366. The van der Waals surface area contributed by atoms with Crippen molar-refractivity contribution in [1.29, 1.82) is 0 Å². The molecule has 5 heteroatoms. The summed E-state index contributed by atoms with van der Waals surface area (Å²) in [6, 6.07) is 10.7. The van der Waals surface area contributed by atoms with Crippen molar-refractivity contribution in [3.63, 3.8) is 0 Å². The molecule has 116 valence electrons. The third-order valence-electron chi connectivity index (χ3n) is 3.52. The number of hydrogen-bond acceptors (Lipinski definition) is 4. The minimum absolute atomic E-state index is 0.199. The molecule has 0 fully saturated rings. The van der Waals surface area contributed by atoms with E-state index in [1.54, 1.807) is 18.2 Å². The number of amides is 1. The van der Waals surface area contributed by atoms with Gasteiger partial charge in [-0.25, -0.2) is 5.48 Å². The average Bonchev–Trinajstić information content (AvgIpc) is 2.54. The molecule has 1 amide bonds. The summed E-state index contributed by atoms with van der Waals surface area (Å²) in [4.78, 5) is 10.8. The summed E-state index contributed by atoms with van der Waals surface area (Å²) in [6.45, 7) is 0. The highest BCUT2D eigenvalue weighted by Gasteiger charge is 2.12. The summed E-state index contributed by atoms with van der Waals surface area (Å²) < 4.78 is 0. The van der Waals surface area contributed by atoms with Gasteiger partial charge >= 0.3 is 0 Å². The van der Waals surface area contributed by atoms with E-state index in [-0.39, 0.29) is 5.75 Å². The number of allylic oxidation sites excluding steroid dienone is 1. The molecule has 0 bridgehead atoms. The fraction of sp³-hybridized carbons (Fsp3) is 0.235. The van der Waals surface area contributed by atoms with Gasteiger partial charge in [-0.1, -0.05) is 36.4 Å². The Hall–Kier alpha value is -2.37. The Kier molecular flexibility index (Phi) is 5.52. The molecule has 0 aromatic heterocycles. The lowest BCUT2D eigenvalue weighted by Gasteiger charge is -2.14. The summed E-state index contributed by atoms with van der Waals surface area (Å²) in [7, 11) is 0. The quantitative estimate of drug-likeness (QED) is 0.286. The van der Waals surface area contributed by atoms with Crippen LogP contribution >= 0.6 is 0 Å². The van der Waals surface area contributed by atoms with Crippen LogP contribution in [-0.2, 0) is 4.79 Å². The molecule has 0 radical (unpaired) electrons. The molecule has 0 saturated heterocycles. The number of rotatable bonds is 6. The van der Waals surface area contributed by atoms with Crippen molar-refractivity contribution < 1.29 is 20.2 Å². The Morgan fingerprint density at radius 2 is 1.91 bits per heavy atom. The number of aliphatic hydroxyl groups is 1. The van der Waals surface area contributed by atoms with E-state index in [9.17, 15) is 15.0 Å². The van der Waals surface area contributed by atoms with Gasteiger partial charge in [-0.2, -0.15) is 0 Å². The molecule has 2 rings (SSSR count). The first-order valence-electron chi connectivity index (χ1n) is 7.12. The van der Waals surface area contributed by atoms with Crippen molar-refractivity contribution in [3.05, 3.63) is 54.1 Å². The van der Waals surface area contributed by atoms with E-state index in [2.05, 4.69) is 0 Å². The molecule has 0 saturated carbocycles. The van der Waals surface area contributed by atoms with E-state index >= 15 is 0 Å². The zero-order valence-corrected chi connectivity index (χ0v) is 12.1. The zero-order valence-electron chi connectivity index (χ0n) is 12.1. The van der Waals surface area contributed by atoms with Crippen molar-refractivity contribution in [2.45, 2.75) is 25.4 Å². The van der Waals surface area contributed by atoms with E-state index < -0.39 is 12.0 Å². The number of benzene rings is 2. The maximum absolute atomic E-state index is 10.8. The summed E-state index contributed by atoms with van der Waals surface area (Å²) in [6.07, 6.45) is 4.13. The zero-order chi connectivity index (χ0) is 15.9. The molecule has 5 nitrogen and oxygen atoms in total. The Balaban J connectivity index is 2.01. The van der Waals surface area contributed by atoms with Crippen LogP contribution < -0.4 is 5.48 Å². The fourth-order valence-electron chi connectivity index (χ4n) is 2.41. The molecule has 2 aromatic carbocycles. The monoisotopic (exact) mass is 301 g/mol. The molecule has 22 heavy (non-hydrogen) atoms. The number of carbonyl (C=O) groups is 1.